The van der Waals surface area contributed by atoms with Gasteiger partial charge in [-0.15, -0.1) is 34.8 Å². The van der Waals surface area contributed by atoms with Gasteiger partial charge in [0.15, 0.2) is 16.6 Å². The van der Waals surface area contributed by atoms with Gasteiger partial charge in [0, 0.05) is 30.5 Å². The highest BCUT2D eigenvalue weighted by molar-refractivity contribution is 6.35. The molecule has 0 aliphatic rings. The minimum atomic E-state index is -0.127. The van der Waals surface area contributed by atoms with Gasteiger partial charge in [-0.3, -0.25) is 19.7 Å². The van der Waals surface area contributed by atoms with Crippen molar-refractivity contribution in [1.82, 2.24) is 34.3 Å². The summed E-state index contributed by atoms with van der Waals surface area (Å²) < 4.78 is 2.01. The summed E-state index contributed by atoms with van der Waals surface area (Å²) in [5.41, 5.74) is 12.5. The van der Waals surface area contributed by atoms with Gasteiger partial charge in [-0.25, -0.2) is 15.0 Å². The number of hydrogen-bond donors (Lipinski definition) is 1. The topological polar surface area (TPSA) is 125 Å². The molecule has 0 spiro atoms. The van der Waals surface area contributed by atoms with E-state index >= 15 is 0 Å². The van der Waals surface area contributed by atoms with E-state index in [4.69, 9.17) is 52.1 Å². The molecule has 0 aromatic carbocycles. The van der Waals surface area contributed by atoms with Crippen LogP contribution in [0.25, 0.3) is 5.65 Å². The lowest BCUT2D eigenvalue weighted by atomic mass is 10.4. The Hall–Kier alpha value is -2.59. The molecule has 37 heavy (non-hydrogen) atoms. The highest BCUT2D eigenvalue weighted by Crippen LogP contribution is 2.12. The fraction of sp³-hybridized carbons (Fsp3) is 0.375. The molecule has 0 radical (unpaired) electrons. The second-order valence-corrected chi connectivity index (χ2v) is 8.88. The molecule has 0 amide bonds. The van der Waals surface area contributed by atoms with Crippen molar-refractivity contribution in [3.05, 3.63) is 69.8 Å². The molecule has 200 valence electrons. The molecule has 0 aliphatic heterocycles. The lowest BCUT2D eigenvalue weighted by Crippen LogP contribution is -1.98. The predicted octanol–water partition coefficient (Wildman–Crippen LogP) is 5.54. The number of Topliss-reactive ketones (excluding diaryl/α,β-unsaturated/α-hetero) is 1. The Bertz CT molecular complexity index is 1220. The van der Waals surface area contributed by atoms with E-state index < -0.39 is 0 Å². The largest absolute Gasteiger partial charge is 0.382 e. The van der Waals surface area contributed by atoms with Crippen LogP contribution in [0.5, 0.6) is 0 Å². The molecule has 4 heterocycles. The number of aromatic nitrogens is 7. The van der Waals surface area contributed by atoms with Gasteiger partial charge >= 0.3 is 0 Å². The van der Waals surface area contributed by atoms with Crippen LogP contribution in [0, 0.1) is 41.5 Å². The van der Waals surface area contributed by atoms with Crippen LogP contribution >= 0.6 is 46.4 Å². The van der Waals surface area contributed by atoms with Gasteiger partial charge in [-0.1, -0.05) is 11.6 Å². The van der Waals surface area contributed by atoms with E-state index in [1.807, 2.05) is 58.3 Å². The van der Waals surface area contributed by atoms with Gasteiger partial charge in [0.2, 0.25) is 0 Å². The number of fused-ring (bicyclic) bond motifs is 1. The quantitative estimate of drug-likeness (QED) is 0.310. The maximum absolute atomic E-state index is 9.92. The summed E-state index contributed by atoms with van der Waals surface area (Å²) in [7, 11) is 0. The summed E-state index contributed by atoms with van der Waals surface area (Å²) in [6.45, 7) is 11.3. The van der Waals surface area contributed by atoms with Crippen molar-refractivity contribution in [2.75, 3.05) is 17.5 Å². The van der Waals surface area contributed by atoms with Crippen LogP contribution < -0.4 is 5.73 Å². The van der Waals surface area contributed by atoms with Gasteiger partial charge in [-0.2, -0.15) is 0 Å². The average molecular weight is 588 g/mol. The van der Waals surface area contributed by atoms with Crippen LogP contribution in [-0.4, -0.2) is 51.8 Å². The normalized spacial score (nSPS) is 9.89. The Kier molecular flexibility index (Phi) is 14.3. The number of anilines is 1. The second kappa shape index (κ2) is 16.3. The standard InChI is InChI=1S/C9H10ClN3.C6H7ClN2.C6H9N3.C3H4Cl2O/c1-6-4-11-7(2)9-12-8(3-10)5-13(6)9;2*1-4-3-8-5(2)6(7)9-4;4-1-3(6)2-5/h4-5H,3H2,1-2H3;3H,1-2H3;3H,1-2H3,(H2,7,9);1-2H2. The number of aryl methyl sites for hydroxylation is 6. The molecule has 4 aromatic heterocycles. The number of hydrogen-bond acceptors (Lipinski definition) is 8. The molecular formula is C24H30Cl4N8O. The van der Waals surface area contributed by atoms with E-state index in [-0.39, 0.29) is 17.5 Å². The van der Waals surface area contributed by atoms with Crippen molar-refractivity contribution < 1.29 is 4.79 Å². The van der Waals surface area contributed by atoms with Crippen LogP contribution in [0.4, 0.5) is 5.82 Å². The molecule has 0 bridgehead atoms. The molecule has 9 nitrogen and oxygen atoms in total. The van der Waals surface area contributed by atoms with E-state index in [2.05, 4.69) is 29.9 Å². The maximum atomic E-state index is 9.92. The average Bonchev–Trinajstić information content (AvgIpc) is 3.33. The molecular weight excluding hydrogens is 558 g/mol. The number of nitrogens with zero attached hydrogens (tertiary/aromatic N) is 7. The fourth-order valence-electron chi connectivity index (χ4n) is 2.43. The number of imidazole rings is 1. The molecule has 2 N–H and O–H groups in total. The van der Waals surface area contributed by atoms with E-state index in [0.29, 0.717) is 16.9 Å². The lowest BCUT2D eigenvalue weighted by Gasteiger charge is -1.99. The van der Waals surface area contributed by atoms with Crippen LogP contribution in [0.3, 0.4) is 0 Å². The Morgan fingerprint density at radius 3 is 1.76 bits per heavy atom. The number of rotatable bonds is 3. The van der Waals surface area contributed by atoms with Gasteiger partial charge in [0.25, 0.3) is 0 Å². The number of carbonyl (C=O) groups excluding carboxylic acids is 1. The van der Waals surface area contributed by atoms with Crippen LogP contribution in [0.15, 0.2) is 24.8 Å². The molecule has 4 rings (SSSR count). The molecule has 0 unspecified atom stereocenters. The van der Waals surface area contributed by atoms with Gasteiger partial charge in [-0.05, 0) is 41.5 Å². The number of ketones is 1. The molecule has 0 atom stereocenters. The molecule has 0 saturated carbocycles. The predicted molar refractivity (Wildman–Crippen MR) is 151 cm³/mol. The first-order chi connectivity index (χ1) is 17.4. The van der Waals surface area contributed by atoms with E-state index in [1.54, 1.807) is 12.4 Å². The summed E-state index contributed by atoms with van der Waals surface area (Å²) in [5, 5.41) is 0.495. The van der Waals surface area contributed by atoms with E-state index in [1.165, 1.54) is 0 Å². The summed E-state index contributed by atoms with van der Waals surface area (Å²) in [6, 6.07) is 0. The SMILES string of the molecule is Cc1cnc(C)c(Cl)n1.Cc1cnc(C)c(N)n1.Cc1ncc(C)n2cc(CCl)nc12.O=C(CCl)CCl. The second-order valence-electron chi connectivity index (χ2n) is 7.72. The number of nitrogens with two attached hydrogens (primary N) is 1. The van der Waals surface area contributed by atoms with Crippen molar-refractivity contribution in [2.24, 2.45) is 0 Å². The highest BCUT2D eigenvalue weighted by Gasteiger charge is 2.05. The molecule has 4 aromatic rings. The minimum Gasteiger partial charge on any atom is -0.382 e. The summed E-state index contributed by atoms with van der Waals surface area (Å²) in [6.07, 6.45) is 7.18. The third-order valence-electron chi connectivity index (χ3n) is 4.47. The van der Waals surface area contributed by atoms with Crippen LogP contribution in [-0.2, 0) is 10.7 Å². The summed E-state index contributed by atoms with van der Waals surface area (Å²) >= 11 is 21.4. The Balaban J connectivity index is 0.000000257. The van der Waals surface area contributed by atoms with Crippen LogP contribution in [0.2, 0.25) is 5.15 Å². The van der Waals surface area contributed by atoms with Crippen molar-refractivity contribution >= 4 is 63.7 Å². The zero-order valence-corrected chi connectivity index (χ0v) is 24.6. The number of alkyl halides is 3. The smallest absolute Gasteiger partial charge is 0.162 e. The molecule has 0 saturated heterocycles. The minimum absolute atomic E-state index is 0.0312. The lowest BCUT2D eigenvalue weighted by molar-refractivity contribution is -0.114. The van der Waals surface area contributed by atoms with E-state index in [9.17, 15) is 4.79 Å². The number of nitrogen functional groups attached to an aromatic ring is 1. The first-order valence-corrected chi connectivity index (χ1v) is 12.9. The Labute approximate surface area is 236 Å². The highest BCUT2D eigenvalue weighted by atomic mass is 35.5. The maximum Gasteiger partial charge on any atom is 0.162 e. The molecule has 0 fully saturated rings. The Morgan fingerprint density at radius 2 is 1.35 bits per heavy atom. The van der Waals surface area contributed by atoms with Gasteiger partial charge in [0.1, 0.15) is 5.82 Å². The third kappa shape index (κ3) is 11.1. The zero-order valence-electron chi connectivity index (χ0n) is 21.6. The Morgan fingerprint density at radius 1 is 0.811 bits per heavy atom. The van der Waals surface area contributed by atoms with Crippen molar-refractivity contribution in [3.63, 3.8) is 0 Å². The first-order valence-electron chi connectivity index (χ1n) is 10.9. The van der Waals surface area contributed by atoms with Crippen LogP contribution in [0.1, 0.15) is 39.9 Å². The molecule has 0 aliphatic carbocycles. The third-order valence-corrected chi connectivity index (χ3v) is 5.70. The summed E-state index contributed by atoms with van der Waals surface area (Å²) in [5.74, 6) is 0.904. The van der Waals surface area contributed by atoms with Gasteiger partial charge in [0.05, 0.1) is 51.8 Å². The number of halogens is 4. The number of carbonyl (C=O) groups is 1. The first kappa shape index (κ1) is 32.4. The van der Waals surface area contributed by atoms with Gasteiger partial charge < -0.3 is 10.1 Å². The molecule has 13 heteroatoms. The van der Waals surface area contributed by atoms with Crippen molar-refractivity contribution in [2.45, 2.75) is 47.4 Å². The summed E-state index contributed by atoms with van der Waals surface area (Å²) in [4.78, 5) is 34.4. The van der Waals surface area contributed by atoms with E-state index in [0.717, 1.165) is 45.5 Å². The van der Waals surface area contributed by atoms with Crippen molar-refractivity contribution in [3.8, 4) is 0 Å². The monoisotopic (exact) mass is 586 g/mol. The van der Waals surface area contributed by atoms with Crippen molar-refractivity contribution in [1.29, 1.82) is 0 Å². The fourth-order valence-corrected chi connectivity index (χ4v) is 3.02. The zero-order chi connectivity index (χ0) is 28.1.